The second-order valence-electron chi connectivity index (χ2n) is 7.10. The van der Waals surface area contributed by atoms with Crippen molar-refractivity contribution in [3.63, 3.8) is 0 Å². The molecule has 1 amide bonds. The Labute approximate surface area is 161 Å². The first kappa shape index (κ1) is 19.5. The summed E-state index contributed by atoms with van der Waals surface area (Å²) in [5, 5.41) is 19.5. The number of carbonyl (C=O) groups excluding carboxylic acids is 2. The van der Waals surface area contributed by atoms with Gasteiger partial charge in [-0.1, -0.05) is 37.5 Å². The van der Waals surface area contributed by atoms with Crippen molar-refractivity contribution in [2.75, 3.05) is 0 Å². The summed E-state index contributed by atoms with van der Waals surface area (Å²) in [6, 6.07) is 9.03. The van der Waals surface area contributed by atoms with Crippen LogP contribution in [0, 0.1) is 11.3 Å². The number of ether oxygens (including phenoxy) is 1. The second kappa shape index (κ2) is 8.21. The Morgan fingerprint density at radius 2 is 1.96 bits per heavy atom. The van der Waals surface area contributed by atoms with E-state index in [0.717, 1.165) is 19.3 Å². The molecule has 1 aromatic carbocycles. The molecule has 28 heavy (non-hydrogen) atoms. The number of carbonyl (C=O) groups is 2. The number of aromatic nitrogens is 2. The topological polar surface area (TPSA) is 125 Å². The van der Waals surface area contributed by atoms with Gasteiger partial charge in [0.25, 0.3) is 11.5 Å². The SMILES string of the molecule is C[C@@H](OC(=O)Cc1n[nH]c(=O)c2ccccc12)C(=O)NC1(C#N)CCCCC1. The maximum absolute atomic E-state index is 12.4. The number of aromatic amines is 1. The lowest BCUT2D eigenvalue weighted by molar-refractivity contribution is -0.154. The van der Waals surface area contributed by atoms with Gasteiger partial charge in [-0.25, -0.2) is 5.10 Å². The van der Waals surface area contributed by atoms with Gasteiger partial charge in [0, 0.05) is 5.39 Å². The highest BCUT2D eigenvalue weighted by atomic mass is 16.5. The number of nitriles is 1. The highest BCUT2D eigenvalue weighted by molar-refractivity contribution is 5.88. The Morgan fingerprint density at radius 3 is 2.64 bits per heavy atom. The Balaban J connectivity index is 1.65. The molecule has 0 bridgehead atoms. The average molecular weight is 382 g/mol. The minimum absolute atomic E-state index is 0.182. The van der Waals surface area contributed by atoms with Gasteiger partial charge in [-0.05, 0) is 25.8 Å². The van der Waals surface area contributed by atoms with E-state index in [4.69, 9.17) is 4.74 Å². The Morgan fingerprint density at radius 1 is 1.29 bits per heavy atom. The molecule has 3 rings (SSSR count). The first-order valence-corrected chi connectivity index (χ1v) is 9.33. The maximum atomic E-state index is 12.4. The molecule has 1 saturated carbocycles. The predicted octanol–water partition coefficient (Wildman–Crippen LogP) is 1.74. The number of hydrogen-bond acceptors (Lipinski definition) is 6. The summed E-state index contributed by atoms with van der Waals surface area (Å²) < 4.78 is 5.23. The van der Waals surface area contributed by atoms with Gasteiger partial charge in [0.15, 0.2) is 6.10 Å². The smallest absolute Gasteiger partial charge is 0.312 e. The number of rotatable bonds is 5. The van der Waals surface area contributed by atoms with Crippen molar-refractivity contribution >= 4 is 22.6 Å². The van der Waals surface area contributed by atoms with E-state index in [-0.39, 0.29) is 12.0 Å². The molecule has 0 radical (unpaired) electrons. The van der Waals surface area contributed by atoms with Crippen molar-refractivity contribution in [2.24, 2.45) is 0 Å². The molecule has 8 nitrogen and oxygen atoms in total. The number of esters is 1. The van der Waals surface area contributed by atoms with Crippen LogP contribution in [0.3, 0.4) is 0 Å². The fourth-order valence-electron chi connectivity index (χ4n) is 3.49. The van der Waals surface area contributed by atoms with Crippen LogP contribution in [0.5, 0.6) is 0 Å². The lowest BCUT2D eigenvalue weighted by Crippen LogP contribution is -2.52. The van der Waals surface area contributed by atoms with Crippen LogP contribution in [0.25, 0.3) is 10.8 Å². The molecule has 0 aliphatic heterocycles. The molecule has 2 N–H and O–H groups in total. The van der Waals surface area contributed by atoms with Gasteiger partial charge in [-0.2, -0.15) is 10.4 Å². The highest BCUT2D eigenvalue weighted by Gasteiger charge is 2.35. The largest absolute Gasteiger partial charge is 0.452 e. The van der Waals surface area contributed by atoms with Crippen LogP contribution in [0.2, 0.25) is 0 Å². The molecule has 0 spiro atoms. The zero-order valence-electron chi connectivity index (χ0n) is 15.7. The number of H-pyrrole nitrogens is 1. The van der Waals surface area contributed by atoms with Crippen LogP contribution in [0.15, 0.2) is 29.1 Å². The first-order valence-electron chi connectivity index (χ1n) is 9.33. The van der Waals surface area contributed by atoms with Crippen molar-refractivity contribution in [2.45, 2.75) is 57.1 Å². The van der Waals surface area contributed by atoms with Crippen molar-refractivity contribution < 1.29 is 14.3 Å². The van der Waals surface area contributed by atoms with Gasteiger partial charge in [0.2, 0.25) is 0 Å². The van der Waals surface area contributed by atoms with Crippen molar-refractivity contribution in [3.05, 3.63) is 40.3 Å². The summed E-state index contributed by atoms with van der Waals surface area (Å²) in [5.41, 5.74) is -0.851. The quantitative estimate of drug-likeness (QED) is 0.759. The van der Waals surface area contributed by atoms with Gasteiger partial charge < -0.3 is 10.1 Å². The molecule has 1 aliphatic carbocycles. The molecule has 146 valence electrons. The fraction of sp³-hybridized carbons (Fsp3) is 0.450. The maximum Gasteiger partial charge on any atom is 0.312 e. The summed E-state index contributed by atoms with van der Waals surface area (Å²) in [4.78, 5) is 36.5. The Bertz CT molecular complexity index is 986. The van der Waals surface area contributed by atoms with Crippen molar-refractivity contribution in [1.82, 2.24) is 15.5 Å². The van der Waals surface area contributed by atoms with E-state index >= 15 is 0 Å². The summed E-state index contributed by atoms with van der Waals surface area (Å²) in [7, 11) is 0. The summed E-state index contributed by atoms with van der Waals surface area (Å²) in [6.07, 6.45) is 2.79. The van der Waals surface area contributed by atoms with Gasteiger partial charge >= 0.3 is 5.97 Å². The molecule has 1 atom stereocenters. The minimum atomic E-state index is -1.03. The van der Waals surface area contributed by atoms with E-state index in [1.54, 1.807) is 24.3 Å². The normalized spacial score (nSPS) is 16.7. The number of fused-ring (bicyclic) bond motifs is 1. The monoisotopic (exact) mass is 382 g/mol. The van der Waals surface area contributed by atoms with Gasteiger partial charge in [0.1, 0.15) is 5.54 Å². The van der Waals surface area contributed by atoms with Gasteiger partial charge in [0.05, 0.1) is 23.6 Å². The van der Waals surface area contributed by atoms with E-state index in [1.807, 2.05) is 0 Å². The van der Waals surface area contributed by atoms with Crippen LogP contribution in [-0.4, -0.2) is 33.7 Å². The second-order valence-corrected chi connectivity index (χ2v) is 7.10. The molecular formula is C20H22N4O4. The third kappa shape index (κ3) is 4.19. The van der Waals surface area contributed by atoms with Crippen molar-refractivity contribution in [3.8, 4) is 6.07 Å². The molecule has 1 aliphatic rings. The number of benzene rings is 1. The fourth-order valence-corrected chi connectivity index (χ4v) is 3.49. The Kier molecular flexibility index (Phi) is 5.73. The van der Waals surface area contributed by atoms with E-state index in [2.05, 4.69) is 21.6 Å². The predicted molar refractivity (Wildman–Crippen MR) is 101 cm³/mol. The molecule has 0 unspecified atom stereocenters. The average Bonchev–Trinajstić information content (AvgIpc) is 2.71. The zero-order chi connectivity index (χ0) is 20.1. The molecule has 1 aromatic heterocycles. The van der Waals surface area contributed by atoms with E-state index in [1.165, 1.54) is 6.92 Å². The van der Waals surface area contributed by atoms with Crippen LogP contribution < -0.4 is 10.9 Å². The zero-order valence-corrected chi connectivity index (χ0v) is 15.7. The van der Waals surface area contributed by atoms with Crippen LogP contribution in [0.1, 0.15) is 44.7 Å². The van der Waals surface area contributed by atoms with Crippen LogP contribution >= 0.6 is 0 Å². The summed E-state index contributed by atoms with van der Waals surface area (Å²) in [5.74, 6) is -1.13. The van der Waals surface area contributed by atoms with E-state index < -0.39 is 23.5 Å². The third-order valence-corrected chi connectivity index (χ3v) is 5.05. The standard InChI is InChI=1S/C20H22N4O4/c1-13(18(26)22-20(12-21)9-5-2-6-10-20)28-17(25)11-16-14-7-3-4-8-15(14)19(27)24-23-16/h3-4,7-8,13H,2,5-6,9-11H2,1H3,(H,22,26)(H,24,27)/t13-/m1/s1. The van der Waals surface area contributed by atoms with E-state index in [0.29, 0.717) is 29.3 Å². The highest BCUT2D eigenvalue weighted by Crippen LogP contribution is 2.27. The molecule has 0 saturated heterocycles. The lowest BCUT2D eigenvalue weighted by Gasteiger charge is -2.32. The van der Waals surface area contributed by atoms with Gasteiger partial charge in [-0.3, -0.25) is 14.4 Å². The van der Waals surface area contributed by atoms with Crippen LogP contribution in [0.4, 0.5) is 0 Å². The third-order valence-electron chi connectivity index (χ3n) is 5.05. The summed E-state index contributed by atoms with van der Waals surface area (Å²) in [6.45, 7) is 1.47. The minimum Gasteiger partial charge on any atom is -0.452 e. The Hall–Kier alpha value is -3.21. The van der Waals surface area contributed by atoms with Crippen LogP contribution in [-0.2, 0) is 20.7 Å². The molecular weight excluding hydrogens is 360 g/mol. The molecule has 8 heteroatoms. The summed E-state index contributed by atoms with van der Waals surface area (Å²) >= 11 is 0. The lowest BCUT2D eigenvalue weighted by atomic mass is 9.83. The van der Waals surface area contributed by atoms with Gasteiger partial charge in [-0.15, -0.1) is 0 Å². The first-order chi connectivity index (χ1) is 13.4. The molecule has 2 aromatic rings. The number of amides is 1. The number of nitrogens with one attached hydrogen (secondary N) is 2. The van der Waals surface area contributed by atoms with Crippen molar-refractivity contribution in [1.29, 1.82) is 5.26 Å². The molecule has 1 heterocycles. The molecule has 1 fully saturated rings. The number of nitrogens with zero attached hydrogens (tertiary/aromatic N) is 2. The van der Waals surface area contributed by atoms with E-state index in [9.17, 15) is 19.6 Å². The number of hydrogen-bond donors (Lipinski definition) is 2.